The van der Waals surface area contributed by atoms with Gasteiger partial charge in [-0.3, -0.25) is 0 Å². The van der Waals surface area contributed by atoms with Crippen molar-refractivity contribution in [3.05, 3.63) is 25.3 Å². The highest BCUT2D eigenvalue weighted by atomic mass is 16.4. The molecule has 0 rings (SSSR count). The predicted octanol–water partition coefficient (Wildman–Crippen LogP) is 4.41. The van der Waals surface area contributed by atoms with Gasteiger partial charge in [0.05, 0.1) is 0 Å². The molecule has 5 heteroatoms. The Labute approximate surface area is 140 Å². The molecule has 0 atom stereocenters. The maximum absolute atomic E-state index is 9.25. The quantitative estimate of drug-likeness (QED) is 0.364. The number of carboxylic acids is 2. The average Bonchev–Trinajstić information content (AvgIpc) is 2.54. The average molecular weight is 330 g/mol. The third kappa shape index (κ3) is 44.9. The van der Waals surface area contributed by atoms with Crippen molar-refractivity contribution in [2.24, 2.45) is 0 Å². The van der Waals surface area contributed by atoms with E-state index in [1.807, 2.05) is 0 Å². The molecule has 0 amide bonds. The molecule has 23 heavy (non-hydrogen) atoms. The summed E-state index contributed by atoms with van der Waals surface area (Å²) in [6.45, 7) is 8.55. The highest BCUT2D eigenvalue weighted by molar-refractivity contribution is 5.79. The summed E-state index contributed by atoms with van der Waals surface area (Å²) < 4.78 is 0. The van der Waals surface area contributed by atoms with Crippen LogP contribution < -0.4 is 0 Å². The maximum Gasteiger partial charge on any atom is 0.327 e. The van der Waals surface area contributed by atoms with E-state index in [2.05, 4.69) is 20.1 Å². The summed E-state index contributed by atoms with van der Waals surface area (Å²) >= 11 is 0. The van der Waals surface area contributed by atoms with Gasteiger partial charge in [0.2, 0.25) is 0 Å². The molecule has 0 aliphatic carbocycles. The van der Waals surface area contributed by atoms with Crippen molar-refractivity contribution in [1.82, 2.24) is 0 Å². The molecule has 0 fully saturated rings. The fourth-order valence-corrected chi connectivity index (χ4v) is 1.60. The maximum atomic E-state index is 9.25. The Kier molecular flexibility index (Phi) is 29.0. The number of aliphatic hydroxyl groups excluding tert-OH is 1. The first-order valence-electron chi connectivity index (χ1n) is 8.27. The van der Waals surface area contributed by atoms with Crippen LogP contribution in [0.15, 0.2) is 25.3 Å². The van der Waals surface area contributed by atoms with Gasteiger partial charge in [-0.25, -0.2) is 9.59 Å². The molecule has 0 saturated heterocycles. The van der Waals surface area contributed by atoms with Gasteiger partial charge in [-0.2, -0.15) is 0 Å². The molecule has 136 valence electrons. The SMILES string of the molecule is C=CC(=O)O.C=CC(=O)O.CCCCCCCCCCCCO. The molecule has 0 aliphatic heterocycles. The Morgan fingerprint density at radius 3 is 1.22 bits per heavy atom. The lowest BCUT2D eigenvalue weighted by molar-refractivity contribution is -0.132. The highest BCUT2D eigenvalue weighted by Crippen LogP contribution is 2.09. The molecule has 0 heterocycles. The van der Waals surface area contributed by atoms with E-state index in [1.165, 1.54) is 57.8 Å². The van der Waals surface area contributed by atoms with Gasteiger partial charge in [0.15, 0.2) is 0 Å². The molecular formula is C18H34O5. The lowest BCUT2D eigenvalue weighted by Crippen LogP contribution is -1.84. The summed E-state index contributed by atoms with van der Waals surface area (Å²) in [6, 6.07) is 0. The number of carboxylic acid groups (broad SMARTS) is 2. The van der Waals surface area contributed by atoms with E-state index in [4.69, 9.17) is 15.3 Å². The topological polar surface area (TPSA) is 94.8 Å². The number of rotatable bonds is 12. The van der Waals surface area contributed by atoms with Gasteiger partial charge in [0.25, 0.3) is 0 Å². The molecule has 5 nitrogen and oxygen atoms in total. The van der Waals surface area contributed by atoms with Gasteiger partial charge in [-0.05, 0) is 6.42 Å². The van der Waals surface area contributed by atoms with Crippen molar-refractivity contribution >= 4 is 11.9 Å². The summed E-state index contributed by atoms with van der Waals surface area (Å²) in [5.41, 5.74) is 0. The van der Waals surface area contributed by atoms with E-state index in [9.17, 15) is 9.59 Å². The fourth-order valence-electron chi connectivity index (χ4n) is 1.60. The lowest BCUT2D eigenvalue weighted by atomic mass is 10.1. The molecule has 0 aromatic carbocycles. The number of aliphatic hydroxyl groups is 1. The summed E-state index contributed by atoms with van der Waals surface area (Å²) in [5, 5.41) is 23.8. The molecule has 0 spiro atoms. The molecule has 0 aromatic rings. The van der Waals surface area contributed by atoms with Crippen LogP contribution in [0.4, 0.5) is 0 Å². The van der Waals surface area contributed by atoms with Crippen LogP contribution in [-0.4, -0.2) is 33.9 Å². The monoisotopic (exact) mass is 330 g/mol. The number of hydrogen-bond donors (Lipinski definition) is 3. The second kappa shape index (κ2) is 25.3. The van der Waals surface area contributed by atoms with Crippen LogP contribution >= 0.6 is 0 Å². The van der Waals surface area contributed by atoms with Crippen molar-refractivity contribution in [2.45, 2.75) is 71.1 Å². The van der Waals surface area contributed by atoms with Crippen LogP contribution in [0.5, 0.6) is 0 Å². The van der Waals surface area contributed by atoms with Gasteiger partial charge in [-0.1, -0.05) is 77.9 Å². The minimum atomic E-state index is -0.981. The lowest BCUT2D eigenvalue weighted by Gasteiger charge is -2.00. The first-order valence-corrected chi connectivity index (χ1v) is 8.27. The van der Waals surface area contributed by atoms with E-state index in [0.29, 0.717) is 6.61 Å². The van der Waals surface area contributed by atoms with Crippen LogP contribution in [0.3, 0.4) is 0 Å². The molecule has 0 bridgehead atoms. The Bertz CT molecular complexity index is 259. The highest BCUT2D eigenvalue weighted by Gasteiger charge is 1.91. The molecular weight excluding hydrogens is 296 g/mol. The van der Waals surface area contributed by atoms with E-state index in [1.54, 1.807) is 0 Å². The van der Waals surface area contributed by atoms with Crippen molar-refractivity contribution in [3.63, 3.8) is 0 Å². The van der Waals surface area contributed by atoms with Gasteiger partial charge in [-0.15, -0.1) is 0 Å². The zero-order valence-electron chi connectivity index (χ0n) is 14.5. The molecule has 0 aromatic heterocycles. The van der Waals surface area contributed by atoms with Crippen LogP contribution in [0.1, 0.15) is 71.1 Å². The molecule has 3 N–H and O–H groups in total. The zero-order valence-corrected chi connectivity index (χ0v) is 14.5. The summed E-state index contributed by atoms with van der Waals surface area (Å²) in [5.74, 6) is -1.96. The van der Waals surface area contributed by atoms with Crippen LogP contribution in [0, 0.1) is 0 Å². The van der Waals surface area contributed by atoms with Gasteiger partial charge >= 0.3 is 11.9 Å². The second-order valence-electron chi connectivity index (χ2n) is 4.99. The smallest absolute Gasteiger partial charge is 0.327 e. The van der Waals surface area contributed by atoms with E-state index < -0.39 is 11.9 Å². The van der Waals surface area contributed by atoms with Gasteiger partial charge in [0, 0.05) is 18.8 Å². The van der Waals surface area contributed by atoms with Crippen LogP contribution in [0.25, 0.3) is 0 Å². The van der Waals surface area contributed by atoms with Crippen molar-refractivity contribution in [2.75, 3.05) is 6.61 Å². The Morgan fingerprint density at radius 2 is 1.00 bits per heavy atom. The van der Waals surface area contributed by atoms with Crippen molar-refractivity contribution in [3.8, 4) is 0 Å². The van der Waals surface area contributed by atoms with Gasteiger partial charge < -0.3 is 15.3 Å². The third-order valence-electron chi connectivity index (χ3n) is 2.86. The first kappa shape index (κ1) is 26.3. The minimum Gasteiger partial charge on any atom is -0.478 e. The summed E-state index contributed by atoms with van der Waals surface area (Å²) in [7, 11) is 0. The van der Waals surface area contributed by atoms with E-state index in [0.717, 1.165) is 18.6 Å². The number of carbonyl (C=O) groups is 2. The standard InChI is InChI=1S/C12H26O.2C3H4O2/c1-2-3-4-5-6-7-8-9-10-11-12-13;2*1-2-3(4)5/h13H,2-12H2,1H3;2*2H,1H2,(H,4,5). The first-order chi connectivity index (χ1) is 11.0. The number of hydrogen-bond acceptors (Lipinski definition) is 3. The third-order valence-corrected chi connectivity index (χ3v) is 2.86. The summed E-state index contributed by atoms with van der Waals surface area (Å²) in [6.07, 6.45) is 15.0. The number of aliphatic carboxylic acids is 2. The van der Waals surface area contributed by atoms with Crippen LogP contribution in [0.2, 0.25) is 0 Å². The van der Waals surface area contributed by atoms with Crippen molar-refractivity contribution in [1.29, 1.82) is 0 Å². The van der Waals surface area contributed by atoms with Crippen LogP contribution in [-0.2, 0) is 9.59 Å². The minimum absolute atomic E-state index is 0.372. The molecule has 0 unspecified atom stereocenters. The molecule has 0 saturated carbocycles. The predicted molar refractivity (Wildman–Crippen MR) is 94.6 cm³/mol. The summed E-state index contributed by atoms with van der Waals surface area (Å²) in [4.78, 5) is 18.5. The van der Waals surface area contributed by atoms with E-state index >= 15 is 0 Å². The molecule has 0 aliphatic rings. The Balaban J connectivity index is -0.000000329. The Morgan fingerprint density at radius 1 is 0.739 bits per heavy atom. The van der Waals surface area contributed by atoms with E-state index in [-0.39, 0.29) is 0 Å². The van der Waals surface area contributed by atoms with Gasteiger partial charge in [0.1, 0.15) is 0 Å². The molecule has 0 radical (unpaired) electrons. The zero-order chi connectivity index (χ0) is 18.3. The number of unbranched alkanes of at least 4 members (excludes halogenated alkanes) is 9. The Hall–Kier alpha value is -1.62. The largest absolute Gasteiger partial charge is 0.478 e. The van der Waals surface area contributed by atoms with Crippen molar-refractivity contribution < 1.29 is 24.9 Å². The normalized spacial score (nSPS) is 8.78. The fraction of sp³-hybridized carbons (Fsp3) is 0.667. The second-order valence-corrected chi connectivity index (χ2v) is 4.99.